The molecule has 0 saturated heterocycles. The molecule has 0 radical (unpaired) electrons. The summed E-state index contributed by atoms with van der Waals surface area (Å²) in [7, 11) is 0. The summed E-state index contributed by atoms with van der Waals surface area (Å²) in [6.07, 6.45) is 4.57. The Morgan fingerprint density at radius 2 is 2.15 bits per heavy atom. The van der Waals surface area contributed by atoms with Crippen LogP contribution in [0.4, 0.5) is 0 Å². The van der Waals surface area contributed by atoms with Crippen LogP contribution >= 0.6 is 11.6 Å². The number of carbonyl (C=O) groups is 1. The number of nitrogens with zero attached hydrogens (tertiary/aromatic N) is 2. The van der Waals surface area contributed by atoms with E-state index < -0.39 is 11.9 Å². The number of carboxylic acids is 1. The lowest BCUT2D eigenvalue weighted by atomic mass is 9.94. The predicted octanol–water partition coefficient (Wildman–Crippen LogP) is 3.04. The zero-order chi connectivity index (χ0) is 14.5. The first-order valence-electron chi connectivity index (χ1n) is 6.57. The highest BCUT2D eigenvalue weighted by molar-refractivity contribution is 6.30. The van der Waals surface area contributed by atoms with E-state index in [1.54, 1.807) is 16.9 Å². The molecular formula is C15H17ClN2O2. The van der Waals surface area contributed by atoms with E-state index in [9.17, 15) is 9.90 Å². The summed E-state index contributed by atoms with van der Waals surface area (Å²) in [5.41, 5.74) is 1.88. The van der Waals surface area contributed by atoms with E-state index in [2.05, 4.69) is 5.10 Å². The fourth-order valence-corrected chi connectivity index (χ4v) is 2.38. The summed E-state index contributed by atoms with van der Waals surface area (Å²) in [6.45, 7) is 2.78. The average molecular weight is 293 g/mol. The van der Waals surface area contributed by atoms with Gasteiger partial charge in [0.25, 0.3) is 0 Å². The Morgan fingerprint density at radius 3 is 2.75 bits per heavy atom. The van der Waals surface area contributed by atoms with Gasteiger partial charge in [-0.1, -0.05) is 23.7 Å². The Balaban J connectivity index is 2.09. The van der Waals surface area contributed by atoms with Crippen molar-refractivity contribution >= 4 is 17.6 Å². The molecule has 5 heteroatoms. The number of hydrogen-bond donors (Lipinski definition) is 1. The number of aliphatic carboxylic acids is 1. The maximum atomic E-state index is 11.4. The molecule has 0 aliphatic carbocycles. The molecule has 1 atom stereocenters. The van der Waals surface area contributed by atoms with Gasteiger partial charge in [-0.25, -0.2) is 0 Å². The van der Waals surface area contributed by atoms with Crippen LogP contribution in [0.5, 0.6) is 0 Å². The molecule has 0 saturated carbocycles. The standard InChI is InChI=1S/C15H17ClN2O2/c1-2-18-10-12(9-17-18)7-13(15(19)20)6-11-4-3-5-14(16)8-11/h3-5,8-10,13H,2,6-7H2,1H3,(H,19,20). The van der Waals surface area contributed by atoms with Gasteiger partial charge in [-0.05, 0) is 43.0 Å². The van der Waals surface area contributed by atoms with E-state index in [0.29, 0.717) is 17.9 Å². The van der Waals surface area contributed by atoms with Gasteiger partial charge >= 0.3 is 5.97 Å². The molecule has 1 aromatic carbocycles. The van der Waals surface area contributed by atoms with Gasteiger partial charge in [0.15, 0.2) is 0 Å². The molecule has 0 spiro atoms. The van der Waals surface area contributed by atoms with Crippen LogP contribution in [0.2, 0.25) is 5.02 Å². The van der Waals surface area contributed by atoms with Gasteiger partial charge in [-0.2, -0.15) is 5.10 Å². The summed E-state index contributed by atoms with van der Waals surface area (Å²) in [4.78, 5) is 11.4. The molecule has 0 aliphatic rings. The molecule has 0 bridgehead atoms. The zero-order valence-electron chi connectivity index (χ0n) is 11.3. The van der Waals surface area contributed by atoms with Crippen LogP contribution < -0.4 is 0 Å². The summed E-state index contributed by atoms with van der Waals surface area (Å²) < 4.78 is 1.80. The number of benzene rings is 1. The molecule has 1 unspecified atom stereocenters. The Morgan fingerprint density at radius 1 is 1.40 bits per heavy atom. The van der Waals surface area contributed by atoms with Crippen LogP contribution in [0.25, 0.3) is 0 Å². The Bertz CT molecular complexity index is 595. The zero-order valence-corrected chi connectivity index (χ0v) is 12.0. The summed E-state index contributed by atoms with van der Waals surface area (Å²) in [5, 5.41) is 14.2. The van der Waals surface area contributed by atoms with Gasteiger partial charge in [0, 0.05) is 17.8 Å². The van der Waals surface area contributed by atoms with Crippen molar-refractivity contribution in [1.82, 2.24) is 9.78 Å². The molecule has 1 N–H and O–H groups in total. The van der Waals surface area contributed by atoms with Crippen molar-refractivity contribution in [2.75, 3.05) is 0 Å². The van der Waals surface area contributed by atoms with E-state index >= 15 is 0 Å². The highest BCUT2D eigenvalue weighted by atomic mass is 35.5. The maximum Gasteiger partial charge on any atom is 0.307 e. The minimum atomic E-state index is -0.797. The summed E-state index contributed by atoms with van der Waals surface area (Å²) in [5.74, 6) is -1.27. The number of carboxylic acid groups (broad SMARTS) is 1. The van der Waals surface area contributed by atoms with Crippen LogP contribution in [0.1, 0.15) is 18.1 Å². The molecule has 1 heterocycles. The van der Waals surface area contributed by atoms with Gasteiger partial charge < -0.3 is 5.11 Å². The molecule has 0 fully saturated rings. The number of aryl methyl sites for hydroxylation is 1. The van der Waals surface area contributed by atoms with Gasteiger partial charge in [-0.3, -0.25) is 9.48 Å². The third kappa shape index (κ3) is 3.84. The lowest BCUT2D eigenvalue weighted by Gasteiger charge is -2.11. The van der Waals surface area contributed by atoms with Crippen molar-refractivity contribution < 1.29 is 9.90 Å². The topological polar surface area (TPSA) is 55.1 Å². The fraction of sp³-hybridized carbons (Fsp3) is 0.333. The second-order valence-corrected chi connectivity index (χ2v) is 5.21. The van der Waals surface area contributed by atoms with Crippen LogP contribution in [0.15, 0.2) is 36.7 Å². The van der Waals surface area contributed by atoms with E-state index in [-0.39, 0.29) is 0 Å². The van der Waals surface area contributed by atoms with E-state index in [1.165, 1.54) is 0 Å². The van der Waals surface area contributed by atoms with Crippen molar-refractivity contribution in [3.8, 4) is 0 Å². The van der Waals surface area contributed by atoms with Crippen LogP contribution in [0.3, 0.4) is 0 Å². The minimum Gasteiger partial charge on any atom is -0.481 e. The number of hydrogen-bond acceptors (Lipinski definition) is 2. The number of rotatable bonds is 6. The summed E-state index contributed by atoms with van der Waals surface area (Å²) >= 11 is 5.93. The molecule has 106 valence electrons. The lowest BCUT2D eigenvalue weighted by Crippen LogP contribution is -2.19. The molecular weight excluding hydrogens is 276 g/mol. The van der Waals surface area contributed by atoms with Crippen molar-refractivity contribution in [3.05, 3.63) is 52.8 Å². The monoisotopic (exact) mass is 292 g/mol. The Labute approximate surface area is 123 Å². The first kappa shape index (κ1) is 14.6. The molecule has 0 amide bonds. The van der Waals surface area contributed by atoms with E-state index in [1.807, 2.05) is 31.3 Å². The lowest BCUT2D eigenvalue weighted by molar-refractivity contribution is -0.141. The molecule has 0 aliphatic heterocycles. The Hall–Kier alpha value is -1.81. The first-order chi connectivity index (χ1) is 9.58. The van der Waals surface area contributed by atoms with Crippen LogP contribution in [-0.4, -0.2) is 20.9 Å². The van der Waals surface area contributed by atoms with Crippen molar-refractivity contribution in [1.29, 1.82) is 0 Å². The third-order valence-electron chi connectivity index (χ3n) is 3.21. The maximum absolute atomic E-state index is 11.4. The molecule has 2 rings (SSSR count). The molecule has 20 heavy (non-hydrogen) atoms. The normalized spacial score (nSPS) is 12.3. The number of aromatic nitrogens is 2. The summed E-state index contributed by atoms with van der Waals surface area (Å²) in [6, 6.07) is 7.34. The minimum absolute atomic E-state index is 0.465. The van der Waals surface area contributed by atoms with E-state index in [0.717, 1.165) is 17.7 Å². The average Bonchev–Trinajstić information content (AvgIpc) is 2.85. The van der Waals surface area contributed by atoms with Gasteiger partial charge in [0.1, 0.15) is 0 Å². The largest absolute Gasteiger partial charge is 0.481 e. The fourth-order valence-electron chi connectivity index (χ4n) is 2.16. The van der Waals surface area contributed by atoms with Crippen LogP contribution in [-0.2, 0) is 24.2 Å². The van der Waals surface area contributed by atoms with E-state index in [4.69, 9.17) is 11.6 Å². The van der Waals surface area contributed by atoms with Crippen molar-refractivity contribution in [3.63, 3.8) is 0 Å². The third-order valence-corrected chi connectivity index (χ3v) is 3.45. The van der Waals surface area contributed by atoms with Crippen molar-refractivity contribution in [2.24, 2.45) is 5.92 Å². The molecule has 2 aromatic rings. The highest BCUT2D eigenvalue weighted by Crippen LogP contribution is 2.18. The smallest absolute Gasteiger partial charge is 0.307 e. The van der Waals surface area contributed by atoms with Gasteiger partial charge in [0.2, 0.25) is 0 Å². The SMILES string of the molecule is CCn1cc(CC(Cc2cccc(Cl)c2)C(=O)O)cn1. The number of halogens is 1. The van der Waals surface area contributed by atoms with Crippen LogP contribution in [0, 0.1) is 5.92 Å². The van der Waals surface area contributed by atoms with Crippen molar-refractivity contribution in [2.45, 2.75) is 26.3 Å². The quantitative estimate of drug-likeness (QED) is 0.890. The molecule has 1 aromatic heterocycles. The molecule has 4 nitrogen and oxygen atoms in total. The van der Waals surface area contributed by atoms with Gasteiger partial charge in [-0.15, -0.1) is 0 Å². The first-order valence-corrected chi connectivity index (χ1v) is 6.95. The highest BCUT2D eigenvalue weighted by Gasteiger charge is 2.19. The predicted molar refractivity (Wildman–Crippen MR) is 77.9 cm³/mol. The second kappa shape index (κ2) is 6.57. The Kier molecular flexibility index (Phi) is 4.79. The second-order valence-electron chi connectivity index (χ2n) is 4.78. The van der Waals surface area contributed by atoms with Gasteiger partial charge in [0.05, 0.1) is 12.1 Å².